The van der Waals surface area contributed by atoms with E-state index in [2.05, 4.69) is 25.7 Å². The van der Waals surface area contributed by atoms with E-state index >= 15 is 0 Å². The summed E-state index contributed by atoms with van der Waals surface area (Å²) < 4.78 is 25.8. The van der Waals surface area contributed by atoms with E-state index in [1.807, 2.05) is 11.0 Å². The van der Waals surface area contributed by atoms with Crippen molar-refractivity contribution in [2.45, 2.75) is 57.0 Å². The van der Waals surface area contributed by atoms with Crippen LogP contribution in [0.5, 0.6) is 0 Å². The standard InChI is InChI=1S/C23H27ClN6O3S/c24-17-1-2-19-16(9-17)10-29(18-12-34(32,33)13-18)11-20-26-27-21(30(19)20)15-3-7-28(8-4-15)22(31)23(14-25)5-6-23/h9,15,18H,1-8,10-13H2. The number of fused-ring (bicyclic) bond motifs is 2. The molecule has 0 atom stereocenters. The summed E-state index contributed by atoms with van der Waals surface area (Å²) in [5, 5.41) is 19.4. The number of hydrogen-bond donors (Lipinski definition) is 0. The van der Waals surface area contributed by atoms with Gasteiger partial charge in [0.05, 0.1) is 24.1 Å². The molecule has 1 aromatic heterocycles. The second kappa shape index (κ2) is 7.90. The summed E-state index contributed by atoms with van der Waals surface area (Å²) in [6.07, 6.45) is 6.50. The summed E-state index contributed by atoms with van der Waals surface area (Å²) in [4.78, 5) is 16.8. The van der Waals surface area contributed by atoms with E-state index in [0.717, 1.165) is 53.6 Å². The van der Waals surface area contributed by atoms with E-state index in [1.54, 1.807) is 0 Å². The lowest BCUT2D eigenvalue weighted by Gasteiger charge is -2.36. The summed E-state index contributed by atoms with van der Waals surface area (Å²) in [6, 6.07) is 2.21. The highest BCUT2D eigenvalue weighted by Crippen LogP contribution is 2.47. The highest BCUT2D eigenvalue weighted by molar-refractivity contribution is 7.92. The number of likely N-dealkylation sites (tertiary alicyclic amines) is 1. The predicted molar refractivity (Wildman–Crippen MR) is 125 cm³/mol. The molecule has 9 nitrogen and oxygen atoms in total. The Bertz CT molecular complexity index is 1250. The lowest BCUT2D eigenvalue weighted by molar-refractivity contribution is -0.136. The van der Waals surface area contributed by atoms with E-state index < -0.39 is 15.3 Å². The van der Waals surface area contributed by atoms with Crippen LogP contribution >= 0.6 is 11.6 Å². The van der Waals surface area contributed by atoms with Crippen LogP contribution in [0.1, 0.15) is 56.1 Å². The number of carbonyl (C=O) groups excluding carboxylic acids is 1. The van der Waals surface area contributed by atoms with Crippen molar-refractivity contribution in [1.29, 1.82) is 5.26 Å². The first-order valence-corrected chi connectivity index (χ1v) is 14.2. The van der Waals surface area contributed by atoms with Crippen LogP contribution in [-0.2, 0) is 21.2 Å². The minimum absolute atomic E-state index is 0.0105. The highest BCUT2D eigenvalue weighted by atomic mass is 35.5. The molecule has 1 aromatic rings. The summed E-state index contributed by atoms with van der Waals surface area (Å²) in [5.41, 5.74) is 1.49. The number of hydrogen-bond acceptors (Lipinski definition) is 7. The number of halogens is 1. The molecule has 2 aliphatic carbocycles. The van der Waals surface area contributed by atoms with Crippen molar-refractivity contribution in [2.24, 2.45) is 5.41 Å². The van der Waals surface area contributed by atoms with E-state index in [9.17, 15) is 18.5 Å². The Balaban J connectivity index is 1.27. The van der Waals surface area contributed by atoms with E-state index in [4.69, 9.17) is 11.6 Å². The van der Waals surface area contributed by atoms with Gasteiger partial charge in [-0.3, -0.25) is 14.3 Å². The zero-order valence-corrected chi connectivity index (χ0v) is 20.5. The second-order valence-corrected chi connectivity index (χ2v) is 12.9. The molecule has 180 valence electrons. The van der Waals surface area contributed by atoms with Crippen LogP contribution in [0, 0.1) is 16.7 Å². The second-order valence-electron chi connectivity index (χ2n) is 10.3. The Kier molecular flexibility index (Phi) is 5.17. The number of nitriles is 1. The third-order valence-electron chi connectivity index (χ3n) is 7.97. The largest absolute Gasteiger partial charge is 0.341 e. The first-order valence-electron chi connectivity index (χ1n) is 12.0. The molecule has 3 aliphatic heterocycles. The number of allylic oxidation sites excluding steroid dienone is 2. The maximum absolute atomic E-state index is 12.8. The molecule has 1 saturated carbocycles. The average molecular weight is 503 g/mol. The van der Waals surface area contributed by atoms with Crippen LogP contribution in [0.25, 0.3) is 5.70 Å². The van der Waals surface area contributed by atoms with E-state index in [-0.39, 0.29) is 29.4 Å². The van der Waals surface area contributed by atoms with Gasteiger partial charge in [0.15, 0.2) is 15.7 Å². The molecular formula is C23H27ClN6O3S. The number of piperidine rings is 1. The maximum atomic E-state index is 12.8. The van der Waals surface area contributed by atoms with Gasteiger partial charge >= 0.3 is 0 Å². The molecule has 2 saturated heterocycles. The smallest absolute Gasteiger partial charge is 0.243 e. The minimum atomic E-state index is -2.94. The number of amides is 1. The summed E-state index contributed by atoms with van der Waals surface area (Å²) >= 11 is 6.41. The molecule has 0 unspecified atom stereocenters. The summed E-state index contributed by atoms with van der Waals surface area (Å²) in [5.74, 6) is 2.29. The van der Waals surface area contributed by atoms with Crippen molar-refractivity contribution >= 4 is 33.0 Å². The first-order chi connectivity index (χ1) is 16.3. The Labute approximate surface area is 204 Å². The van der Waals surface area contributed by atoms with Gasteiger partial charge in [-0.25, -0.2) is 8.42 Å². The lowest BCUT2D eigenvalue weighted by atomic mass is 9.93. The van der Waals surface area contributed by atoms with Gasteiger partial charge in [-0.15, -0.1) is 10.2 Å². The van der Waals surface area contributed by atoms with Gasteiger partial charge in [-0.05, 0) is 50.2 Å². The Morgan fingerprint density at radius 2 is 1.88 bits per heavy atom. The fourth-order valence-electron chi connectivity index (χ4n) is 5.73. The third kappa shape index (κ3) is 3.69. The number of sulfone groups is 1. The fraction of sp³-hybridized carbons (Fsp3) is 0.652. The van der Waals surface area contributed by atoms with Crippen LogP contribution in [0.4, 0.5) is 0 Å². The SMILES string of the molecule is N#CC1(C(=O)N2CCC(c3nnc4n3C3=C(C=C(Cl)CC3)CN(C3CS(=O)(=O)C3)C4)CC2)CC1. The van der Waals surface area contributed by atoms with Crippen molar-refractivity contribution in [2.75, 3.05) is 31.1 Å². The number of rotatable bonds is 3. The van der Waals surface area contributed by atoms with Crippen molar-refractivity contribution in [3.63, 3.8) is 0 Å². The lowest BCUT2D eigenvalue weighted by Crippen LogP contribution is -2.53. The van der Waals surface area contributed by atoms with Gasteiger partial charge in [0, 0.05) is 42.3 Å². The molecule has 1 amide bonds. The van der Waals surface area contributed by atoms with Gasteiger partial charge in [-0.2, -0.15) is 5.26 Å². The maximum Gasteiger partial charge on any atom is 0.243 e. The molecule has 5 aliphatic rings. The molecule has 3 fully saturated rings. The first kappa shape index (κ1) is 22.3. The molecule has 0 bridgehead atoms. The molecule has 4 heterocycles. The van der Waals surface area contributed by atoms with Crippen LogP contribution in [-0.4, -0.2) is 76.1 Å². The quantitative estimate of drug-likeness (QED) is 0.621. The van der Waals surface area contributed by atoms with Crippen LogP contribution in [0.2, 0.25) is 0 Å². The third-order valence-corrected chi connectivity index (χ3v) is 10.1. The number of carbonyl (C=O) groups is 1. The Hall–Kier alpha value is -2.22. The van der Waals surface area contributed by atoms with Crippen LogP contribution < -0.4 is 0 Å². The zero-order chi connectivity index (χ0) is 23.7. The molecule has 6 rings (SSSR count). The molecule has 0 N–H and O–H groups in total. The van der Waals surface area contributed by atoms with Crippen molar-refractivity contribution < 1.29 is 13.2 Å². The highest BCUT2D eigenvalue weighted by Gasteiger charge is 2.53. The fourth-order valence-corrected chi connectivity index (χ4v) is 7.45. The molecule has 0 spiro atoms. The molecule has 0 aromatic carbocycles. The van der Waals surface area contributed by atoms with E-state index in [1.165, 1.54) is 0 Å². The summed E-state index contributed by atoms with van der Waals surface area (Å²) in [7, 11) is -2.94. The molecule has 34 heavy (non-hydrogen) atoms. The Morgan fingerprint density at radius 1 is 1.15 bits per heavy atom. The average Bonchev–Trinajstić information content (AvgIpc) is 3.53. The normalized spacial score (nSPS) is 26.6. The van der Waals surface area contributed by atoms with Crippen LogP contribution in [0.3, 0.4) is 0 Å². The van der Waals surface area contributed by atoms with Gasteiger partial charge in [0.2, 0.25) is 5.91 Å². The van der Waals surface area contributed by atoms with Gasteiger partial charge < -0.3 is 4.90 Å². The zero-order valence-electron chi connectivity index (χ0n) is 18.9. The van der Waals surface area contributed by atoms with Crippen LogP contribution in [0.15, 0.2) is 16.7 Å². The molecular weight excluding hydrogens is 476 g/mol. The molecule has 11 heteroatoms. The molecule has 0 radical (unpaired) electrons. The topological polar surface area (TPSA) is 112 Å². The monoisotopic (exact) mass is 502 g/mol. The van der Waals surface area contributed by atoms with Crippen molar-refractivity contribution in [3.05, 3.63) is 28.3 Å². The Morgan fingerprint density at radius 3 is 2.53 bits per heavy atom. The number of nitrogens with zero attached hydrogens (tertiary/aromatic N) is 6. The number of aromatic nitrogens is 3. The van der Waals surface area contributed by atoms with Crippen molar-refractivity contribution in [1.82, 2.24) is 24.6 Å². The van der Waals surface area contributed by atoms with Gasteiger partial charge in [0.1, 0.15) is 11.2 Å². The van der Waals surface area contributed by atoms with Crippen molar-refractivity contribution in [3.8, 4) is 6.07 Å². The van der Waals surface area contributed by atoms with E-state index in [0.29, 0.717) is 39.0 Å². The van der Waals surface area contributed by atoms with Gasteiger partial charge in [0.25, 0.3) is 0 Å². The summed E-state index contributed by atoms with van der Waals surface area (Å²) in [6.45, 7) is 2.45. The predicted octanol–water partition coefficient (Wildman–Crippen LogP) is 2.03. The minimum Gasteiger partial charge on any atom is -0.341 e. The van der Waals surface area contributed by atoms with Gasteiger partial charge in [-0.1, -0.05) is 11.6 Å².